The Labute approximate surface area is 94.4 Å². The van der Waals surface area contributed by atoms with Crippen LogP contribution in [0.5, 0.6) is 0 Å². The summed E-state index contributed by atoms with van der Waals surface area (Å²) < 4.78 is 17.9. The van der Waals surface area contributed by atoms with Crippen molar-refractivity contribution in [3.63, 3.8) is 0 Å². The highest BCUT2D eigenvalue weighted by molar-refractivity contribution is 7.52. The van der Waals surface area contributed by atoms with Gasteiger partial charge in [0, 0.05) is 0 Å². The van der Waals surface area contributed by atoms with Gasteiger partial charge in [-0.1, -0.05) is 46.4 Å². The monoisotopic (exact) mass is 282 g/mol. The van der Waals surface area contributed by atoms with Crippen molar-refractivity contribution in [2.24, 2.45) is 4.99 Å². The Bertz CT molecular complexity index is 316. The van der Waals surface area contributed by atoms with E-state index >= 15 is 0 Å². The lowest BCUT2D eigenvalue weighted by atomic mass is 10.4. The average Bonchev–Trinajstić information content (AvgIpc) is 1.79. The van der Waals surface area contributed by atoms with E-state index in [0.29, 0.717) is 0 Å². The van der Waals surface area contributed by atoms with Crippen molar-refractivity contribution in [2.75, 3.05) is 0 Å². The summed E-state index contributed by atoms with van der Waals surface area (Å²) in [7, 11) is -2.93. The summed E-state index contributed by atoms with van der Waals surface area (Å²) >= 11 is 22.5. The summed E-state index contributed by atoms with van der Waals surface area (Å²) in [6.45, 7) is 0. The van der Waals surface area contributed by atoms with Crippen molar-refractivity contribution in [3.05, 3.63) is 0 Å². The molecule has 0 aromatic heterocycles. The molecular weight excluding hydrogens is 281 g/mol. The van der Waals surface area contributed by atoms with Crippen molar-refractivity contribution >= 4 is 59.7 Å². The van der Waals surface area contributed by atoms with Crippen LogP contribution in [0.3, 0.4) is 0 Å². The third-order valence-electron chi connectivity index (χ3n) is 1.17. The molecule has 0 unspecified atom stereocenters. The average molecular weight is 284 g/mol. The van der Waals surface area contributed by atoms with Crippen LogP contribution in [0.1, 0.15) is 6.42 Å². The highest BCUT2D eigenvalue weighted by Crippen LogP contribution is 2.41. The predicted molar refractivity (Wildman–Crippen MR) is 52.4 cm³/mol. The van der Waals surface area contributed by atoms with Gasteiger partial charge in [0.25, 0.3) is 0 Å². The molecule has 4 nitrogen and oxygen atoms in total. The SMILES string of the molecule is O=P(=O)C1=NC(Cl)(Cl)CC(Cl)(Cl)N1. The molecule has 0 aliphatic carbocycles. The molecule has 1 rings (SSSR count). The first kappa shape index (κ1) is 11.6. The summed E-state index contributed by atoms with van der Waals surface area (Å²) in [5.74, 6) is 0. The Morgan fingerprint density at radius 1 is 1.31 bits per heavy atom. The Balaban J connectivity index is 3.06. The van der Waals surface area contributed by atoms with Gasteiger partial charge in [0.2, 0.25) is 10.0 Å². The quantitative estimate of drug-likeness (QED) is 0.457. The van der Waals surface area contributed by atoms with Gasteiger partial charge < -0.3 is 5.32 Å². The van der Waals surface area contributed by atoms with E-state index in [9.17, 15) is 9.13 Å². The molecule has 1 N–H and O–H groups in total. The lowest BCUT2D eigenvalue weighted by Gasteiger charge is -2.30. The maximum atomic E-state index is 10.5. The highest BCUT2D eigenvalue weighted by Gasteiger charge is 2.42. The van der Waals surface area contributed by atoms with Crippen LogP contribution in [0, 0.1) is 0 Å². The lowest BCUT2D eigenvalue weighted by molar-refractivity contribution is 0.516. The van der Waals surface area contributed by atoms with Crippen LogP contribution in [0.4, 0.5) is 0 Å². The summed E-state index contributed by atoms with van der Waals surface area (Å²) in [6.07, 6.45) is -0.112. The van der Waals surface area contributed by atoms with E-state index in [4.69, 9.17) is 46.4 Å². The molecule has 13 heavy (non-hydrogen) atoms. The van der Waals surface area contributed by atoms with Crippen molar-refractivity contribution in [1.82, 2.24) is 5.32 Å². The molecule has 0 bridgehead atoms. The molecule has 0 amide bonds. The molecule has 0 saturated carbocycles. The lowest BCUT2D eigenvalue weighted by Crippen LogP contribution is -2.46. The van der Waals surface area contributed by atoms with E-state index in [2.05, 4.69) is 10.3 Å². The molecule has 0 atom stereocenters. The normalized spacial score (nSPS) is 24.5. The van der Waals surface area contributed by atoms with Gasteiger partial charge in [0.15, 0.2) is 4.46 Å². The number of nitrogens with one attached hydrogen (secondary N) is 1. The molecule has 0 spiro atoms. The molecule has 1 heterocycles. The number of aliphatic imine (C=N–C) groups is 1. The number of alkyl halides is 4. The predicted octanol–water partition coefficient (Wildman–Crippen LogP) is 2.77. The first-order valence-electron chi connectivity index (χ1n) is 3.00. The molecule has 0 saturated heterocycles. The molecule has 0 radical (unpaired) electrons. The number of hydrogen-bond acceptors (Lipinski definition) is 4. The Hall–Kier alpha value is 0.530. The fraction of sp³-hybridized carbons (Fsp3) is 0.750. The number of nitrogens with zero attached hydrogens (tertiary/aromatic N) is 1. The van der Waals surface area contributed by atoms with Crippen molar-refractivity contribution in [1.29, 1.82) is 0 Å². The molecular formula is C4H3Cl4N2O2P. The molecule has 0 aromatic carbocycles. The second-order valence-electron chi connectivity index (χ2n) is 2.36. The number of amidine groups is 1. The van der Waals surface area contributed by atoms with Gasteiger partial charge in [0.1, 0.15) is 0 Å². The molecule has 9 heteroatoms. The number of halogens is 4. The van der Waals surface area contributed by atoms with Gasteiger partial charge in [-0.05, 0) is 0 Å². The first-order valence-corrected chi connectivity index (χ1v) is 5.69. The van der Waals surface area contributed by atoms with Crippen molar-refractivity contribution < 1.29 is 9.13 Å². The molecule has 1 aliphatic rings. The summed E-state index contributed by atoms with van der Waals surface area (Å²) in [5.41, 5.74) is -0.420. The van der Waals surface area contributed by atoms with Crippen LogP contribution >= 0.6 is 54.1 Å². The van der Waals surface area contributed by atoms with E-state index in [1.807, 2.05) is 0 Å². The topological polar surface area (TPSA) is 58.5 Å². The molecule has 74 valence electrons. The van der Waals surface area contributed by atoms with E-state index in [-0.39, 0.29) is 6.42 Å². The van der Waals surface area contributed by atoms with Gasteiger partial charge in [-0.25, -0.2) is 14.1 Å². The van der Waals surface area contributed by atoms with E-state index < -0.39 is 22.2 Å². The van der Waals surface area contributed by atoms with E-state index in [1.54, 1.807) is 0 Å². The van der Waals surface area contributed by atoms with Crippen molar-refractivity contribution in [2.45, 2.75) is 15.3 Å². The number of rotatable bonds is 1. The zero-order valence-electron chi connectivity index (χ0n) is 5.93. The first-order chi connectivity index (χ1) is 5.72. The molecule has 1 aliphatic heterocycles. The summed E-state index contributed by atoms with van der Waals surface area (Å²) in [5, 5.41) is 2.26. The van der Waals surface area contributed by atoms with Gasteiger partial charge in [-0.3, -0.25) is 0 Å². The second kappa shape index (κ2) is 3.59. The smallest absolute Gasteiger partial charge is 0.330 e. The molecule has 0 fully saturated rings. The fourth-order valence-electron chi connectivity index (χ4n) is 0.784. The summed E-state index contributed by atoms with van der Waals surface area (Å²) in [6, 6.07) is 0. The zero-order chi connectivity index (χ0) is 10.3. The third kappa shape index (κ3) is 3.30. The number of hydrogen-bond donors (Lipinski definition) is 1. The van der Waals surface area contributed by atoms with Gasteiger partial charge in [0.05, 0.1) is 6.42 Å². The van der Waals surface area contributed by atoms with Crippen LogP contribution < -0.4 is 5.32 Å². The zero-order valence-corrected chi connectivity index (χ0v) is 9.85. The summed E-state index contributed by atoms with van der Waals surface area (Å²) in [4.78, 5) is 3.48. The van der Waals surface area contributed by atoms with Crippen LogP contribution in [-0.2, 0) is 9.13 Å². The minimum Gasteiger partial charge on any atom is -0.330 e. The third-order valence-corrected chi connectivity index (χ3v) is 2.62. The highest BCUT2D eigenvalue weighted by atomic mass is 35.5. The minimum absolute atomic E-state index is 0.112. The fourth-order valence-corrected chi connectivity index (χ4v) is 2.98. The molecule has 0 aromatic rings. The minimum atomic E-state index is -2.93. The van der Waals surface area contributed by atoms with Crippen molar-refractivity contribution in [3.8, 4) is 0 Å². The van der Waals surface area contributed by atoms with Crippen LogP contribution in [0.15, 0.2) is 4.99 Å². The van der Waals surface area contributed by atoms with Gasteiger partial charge in [-0.15, -0.1) is 0 Å². The largest absolute Gasteiger partial charge is 0.384 e. The van der Waals surface area contributed by atoms with Crippen LogP contribution in [0.2, 0.25) is 0 Å². The second-order valence-corrected chi connectivity index (χ2v) is 6.23. The van der Waals surface area contributed by atoms with Gasteiger partial charge >= 0.3 is 7.68 Å². The maximum Gasteiger partial charge on any atom is 0.384 e. The van der Waals surface area contributed by atoms with Crippen LogP contribution in [0.25, 0.3) is 0 Å². The van der Waals surface area contributed by atoms with E-state index in [0.717, 1.165) is 0 Å². The Morgan fingerprint density at radius 3 is 2.23 bits per heavy atom. The van der Waals surface area contributed by atoms with E-state index in [1.165, 1.54) is 0 Å². The van der Waals surface area contributed by atoms with Gasteiger partial charge in [-0.2, -0.15) is 0 Å². The Kier molecular flexibility index (Phi) is 3.21. The maximum absolute atomic E-state index is 10.5. The standard InChI is InChI=1S/C4H3Cl4N2O2P/c5-3(6)1-4(7,8)10-2(9-3)13(11)12/h1H2,(H,9,10). The van der Waals surface area contributed by atoms with Crippen LogP contribution in [-0.4, -0.2) is 14.5 Å². The Morgan fingerprint density at radius 2 is 1.85 bits per heavy atom.